The first-order chi connectivity index (χ1) is 9.51. The van der Waals surface area contributed by atoms with Gasteiger partial charge in [0.25, 0.3) is 10.0 Å². The molecule has 0 aliphatic carbocycles. The lowest BCUT2D eigenvalue weighted by Gasteiger charge is -2.08. The second kappa shape index (κ2) is 6.06. The zero-order valence-electron chi connectivity index (χ0n) is 11.2. The molecule has 0 amide bonds. The van der Waals surface area contributed by atoms with Crippen LogP contribution in [-0.4, -0.2) is 29.9 Å². The maximum absolute atomic E-state index is 12.1. The van der Waals surface area contributed by atoms with Gasteiger partial charge in [0.15, 0.2) is 0 Å². The smallest absolute Gasteiger partial charge is 0.265 e. The molecule has 2 aromatic rings. The number of rotatable bonds is 6. The van der Waals surface area contributed by atoms with Gasteiger partial charge in [0.1, 0.15) is 4.90 Å². The number of hydrogen-bond donors (Lipinski definition) is 2. The number of nitrogens with one attached hydrogen (secondary N) is 1. The number of benzene rings is 1. The van der Waals surface area contributed by atoms with E-state index in [0.717, 1.165) is 5.56 Å². The van der Waals surface area contributed by atoms with Gasteiger partial charge >= 0.3 is 0 Å². The number of aryl methyl sites for hydroxylation is 2. The molecule has 1 aromatic heterocycles. The second-order valence-corrected chi connectivity index (χ2v) is 6.17. The predicted octanol–water partition coefficient (Wildman–Crippen LogP) is 1.15. The van der Waals surface area contributed by atoms with Gasteiger partial charge in [-0.15, -0.1) is 0 Å². The minimum atomic E-state index is -3.61. The van der Waals surface area contributed by atoms with Crippen LogP contribution in [0, 0.1) is 0 Å². The lowest BCUT2D eigenvalue weighted by molar-refractivity contribution is 0.288. The molecule has 108 valence electrons. The predicted molar refractivity (Wildman–Crippen MR) is 75.9 cm³/mol. The number of hydrogen-bond acceptors (Lipinski definition) is 4. The minimum Gasteiger partial charge on any atom is -0.396 e. The molecule has 0 radical (unpaired) electrons. The standard InChI is InChI=1S/C13H17N3O3S/c1-16-10-13(9-14-16)20(18,19)15-12-6-2-4-11(8-12)5-3-7-17/h2,4,6,8-10,15,17H,3,5,7H2,1H3. The van der Waals surface area contributed by atoms with E-state index in [9.17, 15) is 8.42 Å². The first-order valence-electron chi connectivity index (χ1n) is 6.22. The van der Waals surface area contributed by atoms with Crippen LogP contribution >= 0.6 is 0 Å². The highest BCUT2D eigenvalue weighted by molar-refractivity contribution is 7.92. The summed E-state index contributed by atoms with van der Waals surface area (Å²) >= 11 is 0. The molecule has 0 fully saturated rings. The van der Waals surface area contributed by atoms with Gasteiger partial charge in [0, 0.05) is 25.5 Å². The van der Waals surface area contributed by atoms with Crippen LogP contribution in [0.25, 0.3) is 0 Å². The Kier molecular flexibility index (Phi) is 4.41. The minimum absolute atomic E-state index is 0.117. The van der Waals surface area contributed by atoms with Crippen molar-refractivity contribution in [3.63, 3.8) is 0 Å². The van der Waals surface area contributed by atoms with Crippen molar-refractivity contribution in [1.82, 2.24) is 9.78 Å². The number of aromatic nitrogens is 2. The average Bonchev–Trinajstić information content (AvgIpc) is 2.84. The Hall–Kier alpha value is -1.86. The van der Waals surface area contributed by atoms with Crippen LogP contribution in [0.5, 0.6) is 0 Å². The second-order valence-electron chi connectivity index (χ2n) is 4.48. The molecule has 1 aromatic carbocycles. The van der Waals surface area contributed by atoms with E-state index in [2.05, 4.69) is 9.82 Å². The molecule has 0 aliphatic rings. The molecule has 20 heavy (non-hydrogen) atoms. The highest BCUT2D eigenvalue weighted by atomic mass is 32.2. The van der Waals surface area contributed by atoms with E-state index >= 15 is 0 Å². The van der Waals surface area contributed by atoms with Gasteiger partial charge in [-0.2, -0.15) is 5.10 Å². The van der Waals surface area contributed by atoms with Crippen LogP contribution in [0.1, 0.15) is 12.0 Å². The van der Waals surface area contributed by atoms with E-state index in [1.54, 1.807) is 25.2 Å². The third-order valence-electron chi connectivity index (χ3n) is 2.79. The van der Waals surface area contributed by atoms with Gasteiger partial charge in [-0.1, -0.05) is 12.1 Å². The zero-order valence-corrected chi connectivity index (χ0v) is 12.0. The molecular formula is C13H17N3O3S. The number of aliphatic hydroxyl groups is 1. The van der Waals surface area contributed by atoms with Crippen molar-refractivity contribution in [2.45, 2.75) is 17.7 Å². The SMILES string of the molecule is Cn1cc(S(=O)(=O)Nc2cccc(CCCO)c2)cn1. The van der Waals surface area contributed by atoms with Gasteiger partial charge in [-0.3, -0.25) is 9.40 Å². The average molecular weight is 295 g/mol. The summed E-state index contributed by atoms with van der Waals surface area (Å²) in [5.41, 5.74) is 1.48. The van der Waals surface area contributed by atoms with Gasteiger partial charge in [-0.25, -0.2) is 8.42 Å². The van der Waals surface area contributed by atoms with Crippen molar-refractivity contribution in [3.8, 4) is 0 Å². The molecule has 0 aliphatic heterocycles. The van der Waals surface area contributed by atoms with Crippen molar-refractivity contribution in [2.24, 2.45) is 7.05 Å². The number of anilines is 1. The van der Waals surface area contributed by atoms with Crippen molar-refractivity contribution < 1.29 is 13.5 Å². The van der Waals surface area contributed by atoms with E-state index in [1.807, 2.05) is 6.07 Å². The van der Waals surface area contributed by atoms with Crippen molar-refractivity contribution in [2.75, 3.05) is 11.3 Å². The van der Waals surface area contributed by atoms with Gasteiger partial charge in [0.05, 0.1) is 6.20 Å². The topological polar surface area (TPSA) is 84.2 Å². The Morgan fingerprint density at radius 2 is 2.20 bits per heavy atom. The molecule has 1 heterocycles. The maximum Gasteiger partial charge on any atom is 0.265 e. The summed E-state index contributed by atoms with van der Waals surface area (Å²) in [5.74, 6) is 0. The van der Waals surface area contributed by atoms with E-state index in [0.29, 0.717) is 18.5 Å². The normalized spacial score (nSPS) is 11.5. The molecule has 2 rings (SSSR count). The summed E-state index contributed by atoms with van der Waals surface area (Å²) in [4.78, 5) is 0.126. The Balaban J connectivity index is 2.17. The van der Waals surface area contributed by atoms with Crippen LogP contribution in [-0.2, 0) is 23.5 Å². The Morgan fingerprint density at radius 1 is 1.40 bits per heavy atom. The summed E-state index contributed by atoms with van der Waals surface area (Å²) in [5, 5.41) is 12.7. The molecule has 0 bridgehead atoms. The number of aliphatic hydroxyl groups excluding tert-OH is 1. The summed E-state index contributed by atoms with van der Waals surface area (Å²) in [6.45, 7) is 0.117. The molecule has 0 saturated carbocycles. The van der Waals surface area contributed by atoms with Gasteiger partial charge in [0.2, 0.25) is 0 Å². The fourth-order valence-corrected chi connectivity index (χ4v) is 2.86. The van der Waals surface area contributed by atoms with Crippen LogP contribution in [0.2, 0.25) is 0 Å². The highest BCUT2D eigenvalue weighted by Crippen LogP contribution is 2.17. The monoisotopic (exact) mass is 295 g/mol. The molecule has 0 saturated heterocycles. The Morgan fingerprint density at radius 3 is 2.85 bits per heavy atom. The molecule has 0 unspecified atom stereocenters. The summed E-state index contributed by atoms with van der Waals surface area (Å²) < 4.78 is 28.2. The molecule has 7 heteroatoms. The molecule has 0 spiro atoms. The van der Waals surface area contributed by atoms with Crippen LogP contribution in [0.4, 0.5) is 5.69 Å². The van der Waals surface area contributed by atoms with Crippen molar-refractivity contribution in [1.29, 1.82) is 0 Å². The number of sulfonamides is 1. The van der Waals surface area contributed by atoms with Crippen molar-refractivity contribution >= 4 is 15.7 Å². The molecule has 0 atom stereocenters. The van der Waals surface area contributed by atoms with Gasteiger partial charge < -0.3 is 5.11 Å². The third kappa shape index (κ3) is 3.58. The third-order valence-corrected chi connectivity index (χ3v) is 4.13. The number of nitrogens with zero attached hydrogens (tertiary/aromatic N) is 2. The summed E-state index contributed by atoms with van der Waals surface area (Å²) in [6, 6.07) is 7.14. The van der Waals surface area contributed by atoms with Gasteiger partial charge in [-0.05, 0) is 30.5 Å². The van der Waals surface area contributed by atoms with Crippen molar-refractivity contribution in [3.05, 3.63) is 42.2 Å². The maximum atomic E-state index is 12.1. The van der Waals surface area contributed by atoms with E-state index in [4.69, 9.17) is 5.11 Å². The largest absolute Gasteiger partial charge is 0.396 e. The quantitative estimate of drug-likeness (QED) is 0.837. The fraction of sp³-hybridized carbons (Fsp3) is 0.308. The highest BCUT2D eigenvalue weighted by Gasteiger charge is 2.16. The lowest BCUT2D eigenvalue weighted by Crippen LogP contribution is -2.12. The van der Waals surface area contributed by atoms with E-state index < -0.39 is 10.0 Å². The summed E-state index contributed by atoms with van der Waals surface area (Å²) in [6.07, 6.45) is 4.10. The van der Waals surface area contributed by atoms with Crippen LogP contribution in [0.15, 0.2) is 41.6 Å². The first kappa shape index (κ1) is 14.5. The first-order valence-corrected chi connectivity index (χ1v) is 7.71. The Bertz CT molecular complexity index is 680. The van der Waals surface area contributed by atoms with E-state index in [1.165, 1.54) is 17.1 Å². The molecular weight excluding hydrogens is 278 g/mol. The lowest BCUT2D eigenvalue weighted by atomic mass is 10.1. The Labute approximate surface area is 118 Å². The fourth-order valence-electron chi connectivity index (χ4n) is 1.83. The molecule has 2 N–H and O–H groups in total. The summed E-state index contributed by atoms with van der Waals surface area (Å²) in [7, 11) is -1.95. The van der Waals surface area contributed by atoms with Crippen LogP contribution in [0.3, 0.4) is 0 Å². The van der Waals surface area contributed by atoms with Crippen LogP contribution < -0.4 is 4.72 Å². The molecule has 6 nitrogen and oxygen atoms in total. The zero-order chi connectivity index (χ0) is 14.6. The van der Waals surface area contributed by atoms with E-state index in [-0.39, 0.29) is 11.5 Å².